The van der Waals surface area contributed by atoms with Gasteiger partial charge in [-0.3, -0.25) is 0 Å². The second-order valence-electron chi connectivity index (χ2n) is 5.48. The van der Waals surface area contributed by atoms with Crippen LogP contribution in [0.2, 0.25) is 0 Å². The lowest BCUT2D eigenvalue weighted by atomic mass is 9.62. The fraction of sp³-hybridized carbons (Fsp3) is 0.917. The van der Waals surface area contributed by atoms with Gasteiger partial charge in [-0.05, 0) is 43.9 Å². The minimum Gasteiger partial charge on any atom is -0.198 e. The minimum absolute atomic E-state index is 0.0333. The molecule has 0 amide bonds. The smallest absolute Gasteiger partial charge is 0.0686 e. The SMILES string of the molecule is CC(C)C1(C)CCC(C)(C#N)CC1. The van der Waals surface area contributed by atoms with Crippen LogP contribution in [-0.4, -0.2) is 0 Å². The van der Waals surface area contributed by atoms with E-state index in [4.69, 9.17) is 5.26 Å². The van der Waals surface area contributed by atoms with Crippen LogP contribution >= 0.6 is 0 Å². The molecule has 13 heavy (non-hydrogen) atoms. The summed E-state index contributed by atoms with van der Waals surface area (Å²) < 4.78 is 0. The first-order chi connectivity index (χ1) is 5.92. The Kier molecular flexibility index (Phi) is 2.71. The van der Waals surface area contributed by atoms with E-state index in [1.54, 1.807) is 0 Å². The summed E-state index contributed by atoms with van der Waals surface area (Å²) in [6, 6.07) is 2.46. The fourth-order valence-corrected chi connectivity index (χ4v) is 2.06. The van der Waals surface area contributed by atoms with Gasteiger partial charge in [0.05, 0.1) is 11.5 Å². The topological polar surface area (TPSA) is 23.8 Å². The first-order valence-electron chi connectivity index (χ1n) is 5.33. The van der Waals surface area contributed by atoms with Crippen molar-refractivity contribution in [1.82, 2.24) is 0 Å². The van der Waals surface area contributed by atoms with Crippen LogP contribution in [0.5, 0.6) is 0 Å². The van der Waals surface area contributed by atoms with E-state index in [0.717, 1.165) is 18.8 Å². The molecule has 0 unspecified atom stereocenters. The molecule has 0 N–H and O–H groups in total. The van der Waals surface area contributed by atoms with Crippen LogP contribution in [0.4, 0.5) is 0 Å². The molecule has 74 valence electrons. The Bertz CT molecular complexity index is 214. The van der Waals surface area contributed by atoms with E-state index in [-0.39, 0.29) is 5.41 Å². The summed E-state index contributed by atoms with van der Waals surface area (Å²) in [5.41, 5.74) is 0.449. The standard InChI is InChI=1S/C12H21N/c1-10(2)12(4)7-5-11(3,9-13)6-8-12/h10H,5-8H2,1-4H3. The molecule has 1 heteroatoms. The molecule has 0 aromatic rings. The second kappa shape index (κ2) is 3.33. The van der Waals surface area contributed by atoms with E-state index >= 15 is 0 Å². The summed E-state index contributed by atoms with van der Waals surface area (Å²) in [4.78, 5) is 0. The van der Waals surface area contributed by atoms with Gasteiger partial charge in [-0.1, -0.05) is 20.8 Å². The molecule has 0 saturated heterocycles. The van der Waals surface area contributed by atoms with E-state index in [1.165, 1.54) is 12.8 Å². The van der Waals surface area contributed by atoms with Gasteiger partial charge in [-0.25, -0.2) is 0 Å². The molecule has 0 spiro atoms. The molecular weight excluding hydrogens is 158 g/mol. The van der Waals surface area contributed by atoms with E-state index in [2.05, 4.69) is 33.8 Å². The van der Waals surface area contributed by atoms with Gasteiger partial charge >= 0.3 is 0 Å². The van der Waals surface area contributed by atoms with Gasteiger partial charge < -0.3 is 0 Å². The molecule has 0 atom stereocenters. The van der Waals surface area contributed by atoms with E-state index in [1.807, 2.05) is 0 Å². The van der Waals surface area contributed by atoms with Crippen molar-refractivity contribution >= 4 is 0 Å². The number of hydrogen-bond acceptors (Lipinski definition) is 1. The molecule has 1 aliphatic carbocycles. The number of nitrogens with zero attached hydrogens (tertiary/aromatic N) is 1. The van der Waals surface area contributed by atoms with Crippen LogP contribution < -0.4 is 0 Å². The average molecular weight is 179 g/mol. The van der Waals surface area contributed by atoms with Gasteiger partial charge in [-0.2, -0.15) is 5.26 Å². The summed E-state index contributed by atoms with van der Waals surface area (Å²) in [5, 5.41) is 9.01. The summed E-state index contributed by atoms with van der Waals surface area (Å²) in [7, 11) is 0. The summed E-state index contributed by atoms with van der Waals surface area (Å²) in [6.45, 7) is 9.07. The van der Waals surface area contributed by atoms with Crippen molar-refractivity contribution < 1.29 is 0 Å². The predicted octanol–water partition coefficient (Wildman–Crippen LogP) is 3.75. The van der Waals surface area contributed by atoms with Gasteiger partial charge in [0.25, 0.3) is 0 Å². The van der Waals surface area contributed by atoms with Crippen molar-refractivity contribution in [3.05, 3.63) is 0 Å². The van der Waals surface area contributed by atoms with Crippen molar-refractivity contribution in [2.24, 2.45) is 16.7 Å². The second-order valence-corrected chi connectivity index (χ2v) is 5.48. The Hall–Kier alpha value is -0.510. The van der Waals surface area contributed by atoms with Gasteiger partial charge in [0, 0.05) is 0 Å². The third-order valence-electron chi connectivity index (χ3n) is 4.16. The normalized spacial score (nSPS) is 40.3. The Morgan fingerprint density at radius 1 is 1.08 bits per heavy atom. The highest BCUT2D eigenvalue weighted by molar-refractivity contribution is 5.01. The lowest BCUT2D eigenvalue weighted by molar-refractivity contribution is 0.0921. The molecule has 0 aromatic carbocycles. The molecule has 1 rings (SSSR count). The average Bonchev–Trinajstić information content (AvgIpc) is 2.11. The maximum Gasteiger partial charge on any atom is 0.0686 e. The Morgan fingerprint density at radius 2 is 1.54 bits per heavy atom. The van der Waals surface area contributed by atoms with Crippen LogP contribution in [0.1, 0.15) is 53.4 Å². The lowest BCUT2D eigenvalue weighted by Crippen LogP contribution is -2.33. The first kappa shape index (κ1) is 10.6. The number of nitriles is 1. The van der Waals surface area contributed by atoms with Crippen LogP contribution in [-0.2, 0) is 0 Å². The monoisotopic (exact) mass is 179 g/mol. The molecule has 1 fully saturated rings. The zero-order valence-corrected chi connectivity index (χ0v) is 9.35. The minimum atomic E-state index is -0.0333. The maximum atomic E-state index is 9.01. The summed E-state index contributed by atoms with van der Waals surface area (Å²) in [5.74, 6) is 0.746. The summed E-state index contributed by atoms with van der Waals surface area (Å²) in [6.07, 6.45) is 4.60. The van der Waals surface area contributed by atoms with E-state index in [0.29, 0.717) is 5.41 Å². The van der Waals surface area contributed by atoms with Gasteiger partial charge in [-0.15, -0.1) is 0 Å². The van der Waals surface area contributed by atoms with Gasteiger partial charge in [0.15, 0.2) is 0 Å². The van der Waals surface area contributed by atoms with Crippen LogP contribution in [0.15, 0.2) is 0 Å². The molecule has 1 saturated carbocycles. The van der Waals surface area contributed by atoms with Crippen molar-refractivity contribution in [3.8, 4) is 6.07 Å². The van der Waals surface area contributed by atoms with Crippen molar-refractivity contribution in [2.75, 3.05) is 0 Å². The zero-order valence-electron chi connectivity index (χ0n) is 9.35. The highest BCUT2D eigenvalue weighted by atomic mass is 14.4. The molecule has 0 radical (unpaired) electrons. The third-order valence-corrected chi connectivity index (χ3v) is 4.16. The molecule has 0 bridgehead atoms. The van der Waals surface area contributed by atoms with Gasteiger partial charge in [0.1, 0.15) is 0 Å². The summed E-state index contributed by atoms with van der Waals surface area (Å²) >= 11 is 0. The lowest BCUT2D eigenvalue weighted by Gasteiger charge is -2.42. The highest BCUT2D eigenvalue weighted by Crippen LogP contribution is 2.48. The molecule has 0 heterocycles. The van der Waals surface area contributed by atoms with Crippen molar-refractivity contribution in [1.29, 1.82) is 5.26 Å². The number of rotatable bonds is 1. The molecule has 1 aliphatic rings. The van der Waals surface area contributed by atoms with E-state index in [9.17, 15) is 0 Å². The van der Waals surface area contributed by atoms with Crippen LogP contribution in [0, 0.1) is 28.1 Å². The predicted molar refractivity (Wildman–Crippen MR) is 55.1 cm³/mol. The van der Waals surface area contributed by atoms with Gasteiger partial charge in [0.2, 0.25) is 0 Å². The molecule has 1 nitrogen and oxygen atoms in total. The van der Waals surface area contributed by atoms with Crippen molar-refractivity contribution in [3.63, 3.8) is 0 Å². The van der Waals surface area contributed by atoms with Crippen molar-refractivity contribution in [2.45, 2.75) is 53.4 Å². The quantitative estimate of drug-likeness (QED) is 0.601. The first-order valence-corrected chi connectivity index (χ1v) is 5.33. The molecular formula is C12H21N. The third kappa shape index (κ3) is 2.05. The Balaban J connectivity index is 2.63. The number of hydrogen-bond donors (Lipinski definition) is 0. The zero-order chi connectivity index (χ0) is 10.1. The highest BCUT2D eigenvalue weighted by Gasteiger charge is 2.39. The van der Waals surface area contributed by atoms with Crippen LogP contribution in [0.25, 0.3) is 0 Å². The van der Waals surface area contributed by atoms with E-state index < -0.39 is 0 Å². The maximum absolute atomic E-state index is 9.01. The van der Waals surface area contributed by atoms with Crippen LogP contribution in [0.3, 0.4) is 0 Å². The Labute approximate surface area is 82.1 Å². The molecule has 0 aliphatic heterocycles. The Morgan fingerprint density at radius 3 is 1.85 bits per heavy atom. The fourth-order valence-electron chi connectivity index (χ4n) is 2.06. The molecule has 0 aromatic heterocycles. The largest absolute Gasteiger partial charge is 0.198 e.